The molecule has 1 saturated heterocycles. The lowest BCUT2D eigenvalue weighted by Crippen LogP contribution is -2.03. The minimum absolute atomic E-state index is 1.25. The first-order valence-electron chi connectivity index (χ1n) is 4.78. The Bertz CT molecular complexity index is 205. The van der Waals surface area contributed by atoms with Gasteiger partial charge in [-0.2, -0.15) is 10.2 Å². The monoisotopic (exact) mass is 209 g/mol. The largest absolute Gasteiger partial charge is 0.317 e. The van der Waals surface area contributed by atoms with Crippen molar-refractivity contribution in [3.05, 3.63) is 25.3 Å². The molecule has 0 amide bonds. The molecule has 3 rings (SSSR count). The van der Waals surface area contributed by atoms with Crippen molar-refractivity contribution in [3.8, 4) is 0 Å². The zero-order chi connectivity index (χ0) is 10.6. The predicted octanol–water partition coefficient (Wildman–Crippen LogP) is -0.0208. The standard InChI is InChI=1S/C4H9N.2C2H3N3/c1-2-4-5-3-1;2*1-3-2-5-4-1/h5H,1-4H2;2*1-2H,(H,3,4,5). The van der Waals surface area contributed by atoms with Crippen molar-refractivity contribution in [2.45, 2.75) is 12.8 Å². The molecule has 0 atom stereocenters. The first-order valence-corrected chi connectivity index (χ1v) is 4.78. The van der Waals surface area contributed by atoms with E-state index in [1.807, 2.05) is 0 Å². The van der Waals surface area contributed by atoms with E-state index in [9.17, 15) is 0 Å². The van der Waals surface area contributed by atoms with Gasteiger partial charge >= 0.3 is 0 Å². The van der Waals surface area contributed by atoms with Gasteiger partial charge in [-0.25, -0.2) is 9.97 Å². The average Bonchev–Trinajstić information content (AvgIpc) is 3.09. The van der Waals surface area contributed by atoms with Crippen molar-refractivity contribution < 1.29 is 0 Å². The van der Waals surface area contributed by atoms with Crippen LogP contribution in [-0.4, -0.2) is 43.5 Å². The molecule has 7 heteroatoms. The number of hydrogen-bond donors (Lipinski definition) is 3. The summed E-state index contributed by atoms with van der Waals surface area (Å²) < 4.78 is 0. The van der Waals surface area contributed by atoms with Gasteiger partial charge in [-0.3, -0.25) is 10.2 Å². The lowest BCUT2D eigenvalue weighted by Gasteiger charge is -1.76. The first kappa shape index (κ1) is 11.3. The van der Waals surface area contributed by atoms with Gasteiger partial charge in [-0.1, -0.05) is 0 Å². The molecule has 2 aromatic heterocycles. The van der Waals surface area contributed by atoms with Gasteiger partial charge in [0.2, 0.25) is 0 Å². The number of nitrogens with zero attached hydrogens (tertiary/aromatic N) is 4. The van der Waals surface area contributed by atoms with E-state index in [0.29, 0.717) is 0 Å². The maximum absolute atomic E-state index is 3.56. The minimum atomic E-state index is 1.25. The molecule has 2 aromatic rings. The van der Waals surface area contributed by atoms with Crippen LogP contribution in [0.1, 0.15) is 12.8 Å². The molecule has 1 aliphatic rings. The van der Waals surface area contributed by atoms with Crippen LogP contribution in [0.5, 0.6) is 0 Å². The van der Waals surface area contributed by atoms with Crippen LogP contribution in [-0.2, 0) is 0 Å². The molecule has 82 valence electrons. The molecule has 1 fully saturated rings. The molecule has 3 N–H and O–H groups in total. The summed E-state index contributed by atoms with van der Waals surface area (Å²) in [6.45, 7) is 2.50. The Labute approximate surface area is 87.7 Å². The van der Waals surface area contributed by atoms with Gasteiger partial charge in [0.05, 0.1) is 0 Å². The van der Waals surface area contributed by atoms with Crippen molar-refractivity contribution in [3.63, 3.8) is 0 Å². The summed E-state index contributed by atoms with van der Waals surface area (Å²) in [5.74, 6) is 0. The molecule has 15 heavy (non-hydrogen) atoms. The van der Waals surface area contributed by atoms with Crippen LogP contribution in [0, 0.1) is 0 Å². The second kappa shape index (κ2) is 8.82. The number of nitrogens with one attached hydrogen (secondary N) is 3. The van der Waals surface area contributed by atoms with Crippen LogP contribution in [0.25, 0.3) is 0 Å². The molecule has 0 radical (unpaired) electrons. The van der Waals surface area contributed by atoms with E-state index >= 15 is 0 Å². The Morgan fingerprint density at radius 3 is 1.47 bits per heavy atom. The molecule has 0 spiro atoms. The summed E-state index contributed by atoms with van der Waals surface area (Å²) in [6.07, 6.45) is 8.69. The summed E-state index contributed by atoms with van der Waals surface area (Å²) in [5, 5.41) is 15.2. The topological polar surface area (TPSA) is 95.2 Å². The average molecular weight is 209 g/mol. The lowest BCUT2D eigenvalue weighted by molar-refractivity contribution is 0.857. The zero-order valence-electron chi connectivity index (χ0n) is 8.43. The summed E-state index contributed by atoms with van der Waals surface area (Å²) in [7, 11) is 0. The molecule has 0 aliphatic carbocycles. The third-order valence-electron chi connectivity index (χ3n) is 1.62. The summed E-state index contributed by atoms with van der Waals surface area (Å²) in [5.41, 5.74) is 0. The van der Waals surface area contributed by atoms with E-state index < -0.39 is 0 Å². The lowest BCUT2D eigenvalue weighted by atomic mass is 10.4. The minimum Gasteiger partial charge on any atom is -0.317 e. The number of H-pyrrole nitrogens is 2. The molecule has 7 nitrogen and oxygen atoms in total. The van der Waals surface area contributed by atoms with Crippen LogP contribution < -0.4 is 5.32 Å². The highest BCUT2D eigenvalue weighted by Gasteiger charge is 1.93. The van der Waals surface area contributed by atoms with E-state index in [4.69, 9.17) is 0 Å². The van der Waals surface area contributed by atoms with Crippen molar-refractivity contribution in [1.82, 2.24) is 35.7 Å². The summed E-state index contributed by atoms with van der Waals surface area (Å²) >= 11 is 0. The highest BCUT2D eigenvalue weighted by Crippen LogP contribution is 1.90. The Hall–Kier alpha value is -1.76. The maximum atomic E-state index is 3.56. The molecule has 0 aromatic carbocycles. The van der Waals surface area contributed by atoms with E-state index in [1.165, 1.54) is 51.2 Å². The smallest absolute Gasteiger partial charge is 0.137 e. The molecular formula is C8H15N7. The Kier molecular flexibility index (Phi) is 6.65. The van der Waals surface area contributed by atoms with Crippen LogP contribution >= 0.6 is 0 Å². The van der Waals surface area contributed by atoms with Crippen LogP contribution in [0.4, 0.5) is 0 Å². The molecule has 0 bridgehead atoms. The second-order valence-electron chi connectivity index (χ2n) is 2.76. The van der Waals surface area contributed by atoms with Crippen molar-refractivity contribution in [2.75, 3.05) is 13.1 Å². The van der Waals surface area contributed by atoms with Crippen LogP contribution in [0.3, 0.4) is 0 Å². The number of hydrogen-bond acceptors (Lipinski definition) is 5. The Morgan fingerprint density at radius 2 is 1.33 bits per heavy atom. The third kappa shape index (κ3) is 7.32. The third-order valence-corrected chi connectivity index (χ3v) is 1.62. The first-order chi connectivity index (χ1) is 7.50. The van der Waals surface area contributed by atoms with Crippen LogP contribution in [0.2, 0.25) is 0 Å². The molecule has 1 aliphatic heterocycles. The molecule has 3 heterocycles. The highest BCUT2D eigenvalue weighted by molar-refractivity contribution is 4.55. The normalized spacial score (nSPS) is 13.3. The zero-order valence-corrected chi connectivity index (χ0v) is 8.43. The van der Waals surface area contributed by atoms with Gasteiger partial charge in [0, 0.05) is 0 Å². The van der Waals surface area contributed by atoms with E-state index in [1.54, 1.807) is 0 Å². The van der Waals surface area contributed by atoms with Gasteiger partial charge in [0.15, 0.2) is 0 Å². The fourth-order valence-corrected chi connectivity index (χ4v) is 0.958. The maximum Gasteiger partial charge on any atom is 0.137 e. The van der Waals surface area contributed by atoms with Crippen molar-refractivity contribution in [2.24, 2.45) is 0 Å². The Balaban J connectivity index is 0.000000112. The van der Waals surface area contributed by atoms with Gasteiger partial charge < -0.3 is 5.32 Å². The van der Waals surface area contributed by atoms with Gasteiger partial charge in [-0.05, 0) is 25.9 Å². The van der Waals surface area contributed by atoms with E-state index in [0.717, 1.165) is 0 Å². The summed E-state index contributed by atoms with van der Waals surface area (Å²) in [6, 6.07) is 0. The van der Waals surface area contributed by atoms with Gasteiger partial charge in [0.25, 0.3) is 0 Å². The molecule has 0 saturated carbocycles. The molecule has 0 unspecified atom stereocenters. The number of rotatable bonds is 0. The quantitative estimate of drug-likeness (QED) is 0.566. The van der Waals surface area contributed by atoms with Gasteiger partial charge in [-0.15, -0.1) is 0 Å². The highest BCUT2D eigenvalue weighted by atomic mass is 15.2. The Morgan fingerprint density at radius 1 is 0.800 bits per heavy atom. The fraction of sp³-hybridized carbons (Fsp3) is 0.500. The SMILES string of the molecule is C1CCNC1.c1nc[nH]n1.c1nc[nH]n1. The number of aromatic amines is 2. The van der Waals surface area contributed by atoms with Crippen molar-refractivity contribution in [1.29, 1.82) is 0 Å². The molecular weight excluding hydrogens is 194 g/mol. The summed E-state index contributed by atoms with van der Waals surface area (Å²) in [4.78, 5) is 7.11. The van der Waals surface area contributed by atoms with Gasteiger partial charge in [0.1, 0.15) is 25.3 Å². The van der Waals surface area contributed by atoms with Crippen LogP contribution in [0.15, 0.2) is 25.3 Å². The van der Waals surface area contributed by atoms with E-state index in [2.05, 4.69) is 35.7 Å². The predicted molar refractivity (Wildman–Crippen MR) is 54.9 cm³/mol. The second-order valence-corrected chi connectivity index (χ2v) is 2.76. The van der Waals surface area contributed by atoms with E-state index in [-0.39, 0.29) is 0 Å². The van der Waals surface area contributed by atoms with Crippen molar-refractivity contribution >= 4 is 0 Å². The fourth-order valence-electron chi connectivity index (χ4n) is 0.958. The number of aromatic nitrogens is 6.